The Kier molecular flexibility index (Phi) is 5.24. The number of unbranched alkanes of at least 4 members (excludes halogenated alkanes) is 1. The minimum Gasteiger partial charge on any atom is -0.504 e. The maximum absolute atomic E-state index is 9.67. The number of anilines is 1. The van der Waals surface area contributed by atoms with Crippen molar-refractivity contribution >= 4 is 34.2 Å². The standard InChI is InChI=1S/C21H22N6O2/c1-3-4-11-27-16-8-6-5-7-15(16)19-20(27)23-21(26-24-19)25-22-13-14-9-10-17(28)18(12-14)29-2/h5-10,12-13,28H,3-4,11H2,1-2H3,(H,23,25,26)/b22-13+. The molecular formula is C21H22N6O2. The van der Waals surface area contributed by atoms with Crippen molar-refractivity contribution in [1.82, 2.24) is 19.7 Å². The summed E-state index contributed by atoms with van der Waals surface area (Å²) in [7, 11) is 1.50. The summed E-state index contributed by atoms with van der Waals surface area (Å²) in [5.41, 5.74) is 6.28. The van der Waals surface area contributed by atoms with Crippen LogP contribution >= 0.6 is 0 Å². The van der Waals surface area contributed by atoms with Gasteiger partial charge in [0.2, 0.25) is 0 Å². The smallest absolute Gasteiger partial charge is 0.265 e. The van der Waals surface area contributed by atoms with Crippen LogP contribution in [-0.4, -0.2) is 38.2 Å². The molecule has 2 N–H and O–H groups in total. The lowest BCUT2D eigenvalue weighted by atomic mass is 10.2. The van der Waals surface area contributed by atoms with Crippen molar-refractivity contribution in [2.45, 2.75) is 26.3 Å². The van der Waals surface area contributed by atoms with Crippen LogP contribution in [0.4, 0.5) is 5.95 Å². The Hall–Kier alpha value is -3.68. The fraction of sp³-hybridized carbons (Fsp3) is 0.238. The van der Waals surface area contributed by atoms with E-state index in [1.807, 2.05) is 18.2 Å². The first-order valence-electron chi connectivity index (χ1n) is 9.49. The van der Waals surface area contributed by atoms with Gasteiger partial charge >= 0.3 is 0 Å². The third-order valence-electron chi connectivity index (χ3n) is 4.69. The molecule has 0 aliphatic carbocycles. The second kappa shape index (κ2) is 8.14. The van der Waals surface area contributed by atoms with Gasteiger partial charge in [0.25, 0.3) is 5.95 Å². The minimum absolute atomic E-state index is 0.0792. The summed E-state index contributed by atoms with van der Waals surface area (Å²) >= 11 is 0. The van der Waals surface area contributed by atoms with Crippen molar-refractivity contribution in [3.8, 4) is 11.5 Å². The van der Waals surface area contributed by atoms with Crippen molar-refractivity contribution in [2.75, 3.05) is 12.5 Å². The van der Waals surface area contributed by atoms with Crippen LogP contribution in [0, 0.1) is 0 Å². The van der Waals surface area contributed by atoms with Crippen LogP contribution in [0.1, 0.15) is 25.3 Å². The summed E-state index contributed by atoms with van der Waals surface area (Å²) in [4.78, 5) is 4.64. The van der Waals surface area contributed by atoms with Gasteiger partial charge in [0.1, 0.15) is 5.52 Å². The molecule has 2 aromatic carbocycles. The van der Waals surface area contributed by atoms with Gasteiger partial charge in [-0.05, 0) is 36.2 Å². The number of benzene rings is 2. The summed E-state index contributed by atoms with van der Waals surface area (Å²) in [5.74, 6) is 0.782. The molecule has 0 radical (unpaired) electrons. The maximum Gasteiger partial charge on any atom is 0.265 e. The molecule has 0 atom stereocenters. The number of aromatic hydroxyl groups is 1. The largest absolute Gasteiger partial charge is 0.504 e. The lowest BCUT2D eigenvalue weighted by Crippen LogP contribution is -2.03. The van der Waals surface area contributed by atoms with Gasteiger partial charge in [0.05, 0.1) is 18.8 Å². The number of aryl methyl sites for hydroxylation is 1. The third kappa shape index (κ3) is 3.69. The van der Waals surface area contributed by atoms with Crippen LogP contribution < -0.4 is 10.2 Å². The van der Waals surface area contributed by atoms with Crippen molar-refractivity contribution in [3.63, 3.8) is 0 Å². The Morgan fingerprint density at radius 2 is 2.07 bits per heavy atom. The van der Waals surface area contributed by atoms with Gasteiger partial charge in [-0.2, -0.15) is 10.1 Å². The minimum atomic E-state index is 0.0792. The van der Waals surface area contributed by atoms with Gasteiger partial charge in [-0.3, -0.25) is 0 Å². The van der Waals surface area contributed by atoms with Crippen LogP contribution in [0.3, 0.4) is 0 Å². The molecule has 8 heteroatoms. The number of fused-ring (bicyclic) bond motifs is 3. The van der Waals surface area contributed by atoms with Crippen molar-refractivity contribution in [2.24, 2.45) is 5.10 Å². The SMILES string of the molecule is CCCCn1c2ccccc2c2nnc(N/N=C/c3ccc(O)c(OC)c3)nc21. The number of rotatable bonds is 7. The fourth-order valence-corrected chi connectivity index (χ4v) is 3.23. The lowest BCUT2D eigenvalue weighted by molar-refractivity contribution is 0.373. The molecular weight excluding hydrogens is 368 g/mol. The van der Waals surface area contributed by atoms with E-state index in [2.05, 4.69) is 43.3 Å². The number of hydrogen-bond acceptors (Lipinski definition) is 7. The molecule has 0 saturated carbocycles. The number of para-hydroxylation sites is 1. The number of hydrazone groups is 1. The average Bonchev–Trinajstić information content (AvgIpc) is 3.06. The number of nitrogens with zero attached hydrogens (tertiary/aromatic N) is 5. The van der Waals surface area contributed by atoms with Crippen molar-refractivity contribution in [3.05, 3.63) is 48.0 Å². The highest BCUT2D eigenvalue weighted by atomic mass is 16.5. The molecule has 0 amide bonds. The summed E-state index contributed by atoms with van der Waals surface area (Å²) in [6, 6.07) is 13.1. The van der Waals surface area contributed by atoms with Crippen LogP contribution in [0.2, 0.25) is 0 Å². The first-order chi connectivity index (χ1) is 14.2. The van der Waals surface area contributed by atoms with Gasteiger partial charge in [-0.15, -0.1) is 10.2 Å². The van der Waals surface area contributed by atoms with Gasteiger partial charge in [0.15, 0.2) is 17.1 Å². The number of nitrogens with one attached hydrogen (secondary N) is 1. The Bertz CT molecular complexity index is 1180. The molecule has 8 nitrogen and oxygen atoms in total. The highest BCUT2D eigenvalue weighted by molar-refractivity contribution is 6.04. The molecule has 0 spiro atoms. The normalized spacial score (nSPS) is 11.5. The molecule has 0 aliphatic rings. The summed E-state index contributed by atoms with van der Waals surface area (Å²) in [5, 5.41) is 23.4. The van der Waals surface area contributed by atoms with E-state index < -0.39 is 0 Å². The number of aromatic nitrogens is 4. The van der Waals surface area contributed by atoms with E-state index in [-0.39, 0.29) is 5.75 Å². The molecule has 0 unspecified atom stereocenters. The van der Waals surface area contributed by atoms with Crippen LogP contribution in [0.5, 0.6) is 11.5 Å². The van der Waals surface area contributed by atoms with Gasteiger partial charge < -0.3 is 14.4 Å². The number of hydrogen-bond donors (Lipinski definition) is 2. The molecule has 4 aromatic rings. The van der Waals surface area contributed by atoms with Gasteiger partial charge in [0, 0.05) is 11.9 Å². The molecule has 0 bridgehead atoms. The second-order valence-corrected chi connectivity index (χ2v) is 6.63. The number of phenols is 1. The fourth-order valence-electron chi connectivity index (χ4n) is 3.23. The predicted octanol–water partition coefficient (Wildman–Crippen LogP) is 3.94. The predicted molar refractivity (Wildman–Crippen MR) is 114 cm³/mol. The molecule has 4 rings (SSSR count). The summed E-state index contributed by atoms with van der Waals surface area (Å²) in [6.45, 7) is 3.04. The van der Waals surface area contributed by atoms with Gasteiger partial charge in [-0.25, -0.2) is 5.43 Å². The number of ether oxygens (including phenoxy) is 1. The average molecular weight is 390 g/mol. The molecule has 0 saturated heterocycles. The Balaban J connectivity index is 1.64. The highest BCUT2D eigenvalue weighted by Gasteiger charge is 2.14. The Morgan fingerprint density at radius 3 is 2.90 bits per heavy atom. The number of phenolic OH excluding ortho intramolecular Hbond substituents is 1. The van der Waals surface area contributed by atoms with Crippen molar-refractivity contribution < 1.29 is 9.84 Å². The van der Waals surface area contributed by atoms with E-state index in [0.717, 1.165) is 47.0 Å². The van der Waals surface area contributed by atoms with E-state index in [1.165, 1.54) is 7.11 Å². The van der Waals surface area contributed by atoms with Gasteiger partial charge in [-0.1, -0.05) is 31.5 Å². The highest BCUT2D eigenvalue weighted by Crippen LogP contribution is 2.27. The maximum atomic E-state index is 9.67. The van der Waals surface area contributed by atoms with Crippen LogP contribution in [0.25, 0.3) is 22.1 Å². The second-order valence-electron chi connectivity index (χ2n) is 6.63. The molecule has 148 valence electrons. The van der Waals surface area contributed by atoms with E-state index in [0.29, 0.717) is 11.7 Å². The molecule has 0 aliphatic heterocycles. The Labute approximate surface area is 167 Å². The first-order valence-corrected chi connectivity index (χ1v) is 9.49. The van der Waals surface area contributed by atoms with Crippen molar-refractivity contribution in [1.29, 1.82) is 0 Å². The van der Waals surface area contributed by atoms with E-state index in [9.17, 15) is 5.11 Å². The number of methoxy groups -OCH3 is 1. The Morgan fingerprint density at radius 1 is 1.21 bits per heavy atom. The lowest BCUT2D eigenvalue weighted by Gasteiger charge is -2.05. The monoisotopic (exact) mass is 390 g/mol. The summed E-state index contributed by atoms with van der Waals surface area (Å²) < 4.78 is 7.29. The molecule has 0 fully saturated rings. The van der Waals surface area contributed by atoms with E-state index >= 15 is 0 Å². The zero-order valence-electron chi connectivity index (χ0n) is 16.3. The quantitative estimate of drug-likeness (QED) is 0.366. The van der Waals surface area contributed by atoms with E-state index in [1.54, 1.807) is 24.4 Å². The van der Waals surface area contributed by atoms with E-state index in [4.69, 9.17) is 4.74 Å². The topological polar surface area (TPSA) is 97.5 Å². The van der Waals surface area contributed by atoms with Crippen LogP contribution in [0.15, 0.2) is 47.6 Å². The molecule has 2 aromatic heterocycles. The first kappa shape index (κ1) is 18.7. The summed E-state index contributed by atoms with van der Waals surface area (Å²) in [6.07, 6.45) is 3.75. The zero-order chi connectivity index (χ0) is 20.2. The molecule has 29 heavy (non-hydrogen) atoms. The zero-order valence-corrected chi connectivity index (χ0v) is 16.3. The van der Waals surface area contributed by atoms with Crippen LogP contribution in [-0.2, 0) is 6.54 Å². The molecule has 2 heterocycles. The third-order valence-corrected chi connectivity index (χ3v) is 4.69.